The molecule has 0 fully saturated rings. The quantitative estimate of drug-likeness (QED) is 0.863. The maximum atomic E-state index is 12.0. The van der Waals surface area contributed by atoms with Gasteiger partial charge in [0.2, 0.25) is 0 Å². The van der Waals surface area contributed by atoms with Crippen LogP contribution in [-0.4, -0.2) is 28.2 Å². The molecular weight excluding hydrogens is 260 g/mol. The molecule has 1 heterocycles. The maximum Gasteiger partial charge on any atom is 0.326 e. The number of carbonyl (C=O) groups is 2. The largest absolute Gasteiger partial charge is 0.480 e. The first-order valence-electron chi connectivity index (χ1n) is 6.67. The second kappa shape index (κ2) is 6.07. The molecule has 2 unspecified atom stereocenters. The third-order valence-electron chi connectivity index (χ3n) is 3.25. The van der Waals surface area contributed by atoms with Gasteiger partial charge in [-0.25, -0.2) is 4.79 Å². The summed E-state index contributed by atoms with van der Waals surface area (Å²) in [5.41, 5.74) is -0.154. The molecule has 2 N–H and O–H groups in total. The zero-order valence-electron chi connectivity index (χ0n) is 12.6. The Morgan fingerprint density at radius 1 is 1.45 bits per heavy atom. The average Bonchev–Trinajstić information content (AvgIpc) is 2.83. The van der Waals surface area contributed by atoms with Gasteiger partial charge in [-0.15, -0.1) is 0 Å². The van der Waals surface area contributed by atoms with Crippen molar-refractivity contribution in [2.24, 2.45) is 5.92 Å². The Morgan fingerprint density at radius 3 is 2.45 bits per heavy atom. The Morgan fingerprint density at radius 2 is 2.05 bits per heavy atom. The summed E-state index contributed by atoms with van der Waals surface area (Å²) in [4.78, 5) is 23.2. The lowest BCUT2D eigenvalue weighted by atomic mass is 9.93. The highest BCUT2D eigenvalue weighted by atomic mass is 16.5. The second-order valence-electron chi connectivity index (χ2n) is 6.00. The van der Waals surface area contributed by atoms with Crippen LogP contribution in [0.3, 0.4) is 0 Å². The summed E-state index contributed by atoms with van der Waals surface area (Å²) in [7, 11) is 0. The van der Waals surface area contributed by atoms with Gasteiger partial charge in [0.15, 0.2) is 5.69 Å². The number of aromatic nitrogens is 1. The van der Waals surface area contributed by atoms with E-state index in [0.29, 0.717) is 12.2 Å². The number of amides is 1. The van der Waals surface area contributed by atoms with Crippen molar-refractivity contribution in [2.45, 2.75) is 52.5 Å². The van der Waals surface area contributed by atoms with E-state index in [0.717, 1.165) is 0 Å². The number of carboxylic acids is 1. The highest BCUT2D eigenvalue weighted by molar-refractivity contribution is 5.95. The predicted molar refractivity (Wildman–Crippen MR) is 73.5 cm³/mol. The first-order valence-corrected chi connectivity index (χ1v) is 6.67. The van der Waals surface area contributed by atoms with Crippen LogP contribution in [0.25, 0.3) is 0 Å². The topological polar surface area (TPSA) is 92.4 Å². The number of carbonyl (C=O) groups excluding carboxylic acids is 1. The van der Waals surface area contributed by atoms with Crippen molar-refractivity contribution in [1.82, 2.24) is 10.5 Å². The van der Waals surface area contributed by atoms with Gasteiger partial charge in [-0.2, -0.15) is 0 Å². The molecule has 6 heteroatoms. The predicted octanol–water partition coefficient (Wildman–Crippen LogP) is 2.20. The fourth-order valence-electron chi connectivity index (χ4n) is 1.63. The van der Waals surface area contributed by atoms with E-state index in [1.807, 2.05) is 27.7 Å². The Balaban J connectivity index is 2.85. The van der Waals surface area contributed by atoms with Gasteiger partial charge in [-0.3, -0.25) is 4.79 Å². The molecule has 1 rings (SSSR count). The van der Waals surface area contributed by atoms with Crippen molar-refractivity contribution in [3.63, 3.8) is 0 Å². The molecule has 20 heavy (non-hydrogen) atoms. The Labute approximate surface area is 118 Å². The summed E-state index contributed by atoms with van der Waals surface area (Å²) in [6, 6.07) is 0.618. The number of hydrogen-bond donors (Lipinski definition) is 2. The van der Waals surface area contributed by atoms with Crippen molar-refractivity contribution < 1.29 is 19.2 Å². The van der Waals surface area contributed by atoms with E-state index in [4.69, 9.17) is 9.63 Å². The fourth-order valence-corrected chi connectivity index (χ4v) is 1.63. The molecule has 0 saturated carbocycles. The molecule has 0 saturated heterocycles. The molecule has 0 spiro atoms. The number of carboxylic acid groups (broad SMARTS) is 1. The molecule has 1 aromatic rings. The van der Waals surface area contributed by atoms with E-state index in [1.165, 1.54) is 0 Å². The van der Waals surface area contributed by atoms with Crippen LogP contribution in [0.1, 0.15) is 57.3 Å². The van der Waals surface area contributed by atoms with Crippen LogP contribution in [0.15, 0.2) is 10.6 Å². The van der Waals surface area contributed by atoms with Crippen LogP contribution in [-0.2, 0) is 10.2 Å². The van der Waals surface area contributed by atoms with Crippen molar-refractivity contribution >= 4 is 11.9 Å². The number of nitrogens with one attached hydrogen (secondary N) is 1. The molecule has 112 valence electrons. The molecule has 0 aliphatic carbocycles. The summed E-state index contributed by atoms with van der Waals surface area (Å²) in [5, 5.41) is 15.3. The van der Waals surface area contributed by atoms with E-state index in [9.17, 15) is 9.59 Å². The van der Waals surface area contributed by atoms with Gasteiger partial charge >= 0.3 is 5.97 Å². The Bertz CT molecular complexity index is 488. The number of rotatable bonds is 5. The van der Waals surface area contributed by atoms with Gasteiger partial charge < -0.3 is 14.9 Å². The number of aliphatic carboxylic acids is 1. The van der Waals surface area contributed by atoms with E-state index >= 15 is 0 Å². The number of hydrogen-bond acceptors (Lipinski definition) is 4. The third-order valence-corrected chi connectivity index (χ3v) is 3.25. The SMILES string of the molecule is CCC(C)C(NC(=O)c1cc(C(C)(C)C)on1)C(=O)O. The van der Waals surface area contributed by atoms with Crippen LogP contribution in [0, 0.1) is 5.92 Å². The smallest absolute Gasteiger partial charge is 0.326 e. The average molecular weight is 282 g/mol. The second-order valence-corrected chi connectivity index (χ2v) is 6.00. The minimum Gasteiger partial charge on any atom is -0.480 e. The van der Waals surface area contributed by atoms with Crippen LogP contribution in [0.5, 0.6) is 0 Å². The van der Waals surface area contributed by atoms with Crippen LogP contribution < -0.4 is 5.32 Å². The summed E-state index contributed by atoms with van der Waals surface area (Å²) in [5.74, 6) is -1.16. The van der Waals surface area contributed by atoms with Gasteiger partial charge in [0.1, 0.15) is 11.8 Å². The normalized spacial score (nSPS) is 14.7. The molecule has 0 aliphatic heterocycles. The highest BCUT2D eigenvalue weighted by Gasteiger charge is 2.28. The van der Waals surface area contributed by atoms with Crippen molar-refractivity contribution in [2.75, 3.05) is 0 Å². The minimum absolute atomic E-state index is 0.101. The van der Waals surface area contributed by atoms with E-state index in [2.05, 4.69) is 10.5 Å². The van der Waals surface area contributed by atoms with Gasteiger partial charge in [0.25, 0.3) is 5.91 Å². The third kappa shape index (κ3) is 3.82. The van der Waals surface area contributed by atoms with Crippen molar-refractivity contribution in [3.8, 4) is 0 Å². The van der Waals surface area contributed by atoms with E-state index < -0.39 is 17.9 Å². The number of nitrogens with zero attached hydrogens (tertiary/aromatic N) is 1. The first-order chi connectivity index (χ1) is 9.16. The van der Waals surface area contributed by atoms with E-state index in [1.54, 1.807) is 13.0 Å². The summed E-state index contributed by atoms with van der Waals surface area (Å²) >= 11 is 0. The molecule has 0 aliphatic rings. The first kappa shape index (κ1) is 16.2. The molecule has 0 radical (unpaired) electrons. The molecule has 0 bridgehead atoms. The summed E-state index contributed by atoms with van der Waals surface area (Å²) in [6.45, 7) is 9.47. The van der Waals surface area contributed by atoms with Gasteiger partial charge in [0.05, 0.1) is 0 Å². The molecule has 1 aromatic heterocycles. The lowest BCUT2D eigenvalue weighted by molar-refractivity contribution is -0.140. The monoisotopic (exact) mass is 282 g/mol. The molecule has 2 atom stereocenters. The molecular formula is C14H22N2O4. The maximum absolute atomic E-state index is 12.0. The zero-order valence-corrected chi connectivity index (χ0v) is 12.6. The zero-order chi connectivity index (χ0) is 15.5. The Kier molecular flexibility index (Phi) is 4.92. The van der Waals surface area contributed by atoms with Crippen molar-refractivity contribution in [1.29, 1.82) is 0 Å². The van der Waals surface area contributed by atoms with Crippen LogP contribution in [0.2, 0.25) is 0 Å². The van der Waals surface area contributed by atoms with Gasteiger partial charge in [-0.1, -0.05) is 46.2 Å². The molecule has 0 aromatic carbocycles. The lowest BCUT2D eigenvalue weighted by Gasteiger charge is -2.19. The fraction of sp³-hybridized carbons (Fsp3) is 0.643. The minimum atomic E-state index is -1.05. The standard InChI is InChI=1S/C14H22N2O4/c1-6-8(2)11(13(18)19)15-12(17)9-7-10(20-16-9)14(3,4)5/h7-8,11H,6H2,1-5H3,(H,15,17)(H,18,19). The van der Waals surface area contributed by atoms with Gasteiger partial charge in [0, 0.05) is 11.5 Å². The van der Waals surface area contributed by atoms with Crippen LogP contribution in [0.4, 0.5) is 0 Å². The summed E-state index contributed by atoms with van der Waals surface area (Å²) < 4.78 is 5.12. The molecule has 6 nitrogen and oxygen atoms in total. The Hall–Kier alpha value is -1.85. The molecule has 1 amide bonds. The summed E-state index contributed by atoms with van der Waals surface area (Å²) in [6.07, 6.45) is 0.656. The van der Waals surface area contributed by atoms with E-state index in [-0.39, 0.29) is 17.0 Å². The lowest BCUT2D eigenvalue weighted by Crippen LogP contribution is -2.45. The van der Waals surface area contributed by atoms with Crippen LogP contribution >= 0.6 is 0 Å². The van der Waals surface area contributed by atoms with Crippen molar-refractivity contribution in [3.05, 3.63) is 17.5 Å². The highest BCUT2D eigenvalue weighted by Crippen LogP contribution is 2.22. The van der Waals surface area contributed by atoms with Gasteiger partial charge in [-0.05, 0) is 5.92 Å².